The summed E-state index contributed by atoms with van der Waals surface area (Å²) in [6, 6.07) is 32.5. The Morgan fingerprint density at radius 3 is 1.00 bits per heavy atom. The molecule has 4 unspecified atom stereocenters. The van der Waals surface area contributed by atoms with Crippen molar-refractivity contribution in [2.45, 2.75) is 30.1 Å². The molecular weight excluding hydrogens is 532 g/mol. The number of ether oxygens (including phenoxy) is 6. The maximum absolute atomic E-state index is 10.1. The van der Waals surface area contributed by atoms with Gasteiger partial charge in [0, 0.05) is 11.8 Å². The second-order valence-corrected chi connectivity index (χ2v) is 11.1. The van der Waals surface area contributed by atoms with E-state index in [0.29, 0.717) is 19.8 Å². The first-order valence-corrected chi connectivity index (χ1v) is 14.5. The van der Waals surface area contributed by atoms with Gasteiger partial charge in [-0.2, -0.15) is 0 Å². The van der Waals surface area contributed by atoms with Gasteiger partial charge in [0.2, 0.25) is 0 Å². The average Bonchev–Trinajstić information content (AvgIpc) is 3.87. The monoisotopic (exact) mass is 566 g/mol. The van der Waals surface area contributed by atoms with E-state index in [-0.39, 0.29) is 35.9 Å². The first-order valence-electron chi connectivity index (χ1n) is 14.5. The predicted octanol–water partition coefficient (Wildman–Crippen LogP) is 5.69. The van der Waals surface area contributed by atoms with Gasteiger partial charge in [-0.3, -0.25) is 0 Å². The molecule has 3 saturated heterocycles. The number of phenols is 1. The third kappa shape index (κ3) is 6.87. The molecule has 0 aromatic heterocycles. The molecule has 0 aliphatic carbocycles. The molecule has 0 saturated carbocycles. The average molecular weight is 567 g/mol. The molecular formula is C35H34O7. The molecule has 4 aromatic rings. The maximum atomic E-state index is 10.1. The number of benzene rings is 4. The summed E-state index contributed by atoms with van der Waals surface area (Å²) in [7, 11) is 0. The van der Waals surface area contributed by atoms with Crippen molar-refractivity contribution >= 4 is 0 Å². The van der Waals surface area contributed by atoms with Crippen molar-refractivity contribution in [1.29, 1.82) is 0 Å². The molecule has 3 fully saturated rings. The fourth-order valence-electron chi connectivity index (χ4n) is 5.21. The Kier molecular flexibility index (Phi) is 7.70. The Labute approximate surface area is 245 Å². The minimum Gasteiger partial charge on any atom is -0.508 e. The molecule has 0 spiro atoms. The molecule has 0 amide bonds. The van der Waals surface area contributed by atoms with E-state index in [9.17, 15) is 5.11 Å². The zero-order chi connectivity index (χ0) is 28.3. The van der Waals surface area contributed by atoms with Crippen LogP contribution in [0.2, 0.25) is 0 Å². The quantitative estimate of drug-likeness (QED) is 0.196. The highest BCUT2D eigenvalue weighted by Crippen LogP contribution is 2.44. The van der Waals surface area contributed by atoms with Crippen LogP contribution in [-0.4, -0.2) is 63.1 Å². The van der Waals surface area contributed by atoms with Crippen molar-refractivity contribution in [3.8, 4) is 23.0 Å². The Morgan fingerprint density at radius 1 is 0.476 bits per heavy atom. The third-order valence-corrected chi connectivity index (χ3v) is 7.82. The van der Waals surface area contributed by atoms with Gasteiger partial charge >= 0.3 is 0 Å². The first kappa shape index (κ1) is 26.8. The first-order chi connectivity index (χ1) is 20.7. The van der Waals surface area contributed by atoms with Crippen LogP contribution in [0.15, 0.2) is 97.1 Å². The minimum atomic E-state index is -0.0512. The number of epoxide rings is 3. The summed E-state index contributed by atoms with van der Waals surface area (Å²) in [6.07, 6.45) is 0.603. The molecule has 216 valence electrons. The van der Waals surface area contributed by atoms with Gasteiger partial charge in [0.15, 0.2) is 0 Å². The summed E-state index contributed by atoms with van der Waals surface area (Å²) in [5.74, 6) is 2.61. The van der Waals surface area contributed by atoms with Gasteiger partial charge < -0.3 is 33.5 Å². The van der Waals surface area contributed by atoms with E-state index in [1.165, 1.54) is 0 Å². The molecule has 7 heteroatoms. The summed E-state index contributed by atoms with van der Waals surface area (Å²) >= 11 is 0. The molecule has 3 aliphatic rings. The van der Waals surface area contributed by atoms with Gasteiger partial charge in [-0.05, 0) is 70.8 Å². The van der Waals surface area contributed by atoms with Crippen LogP contribution in [-0.2, 0) is 14.2 Å². The Hall–Kier alpha value is -4.04. The molecule has 1 N–H and O–H groups in total. The Balaban J connectivity index is 1.24. The summed E-state index contributed by atoms with van der Waals surface area (Å²) < 4.78 is 33.7. The van der Waals surface area contributed by atoms with Crippen LogP contribution in [0.1, 0.15) is 34.1 Å². The van der Waals surface area contributed by atoms with E-state index in [1.807, 2.05) is 48.5 Å². The molecule has 4 aromatic carbocycles. The number of rotatable bonds is 14. The lowest BCUT2D eigenvalue weighted by Crippen LogP contribution is -2.15. The smallest absolute Gasteiger partial charge is 0.119 e. The summed E-state index contributed by atoms with van der Waals surface area (Å²) in [5.41, 5.74) is 4.53. The van der Waals surface area contributed by atoms with E-state index in [0.717, 1.165) is 59.3 Å². The number of hydrogen-bond donors (Lipinski definition) is 1. The lowest BCUT2D eigenvalue weighted by atomic mass is 9.73. The SMILES string of the molecule is Oc1ccc(C(c2ccc(OCC3CO3)cc2)C(c2ccc(OCC3CO3)cc2)c2ccc(OCC3CO3)cc2)cc1. The zero-order valence-electron chi connectivity index (χ0n) is 23.3. The minimum absolute atomic E-state index is 0.0391. The summed E-state index contributed by atoms with van der Waals surface area (Å²) in [6.45, 7) is 3.98. The third-order valence-electron chi connectivity index (χ3n) is 7.82. The summed E-state index contributed by atoms with van der Waals surface area (Å²) in [5, 5.41) is 10.1. The molecule has 3 heterocycles. The molecule has 4 atom stereocenters. The van der Waals surface area contributed by atoms with Crippen molar-refractivity contribution in [2.24, 2.45) is 0 Å². The van der Waals surface area contributed by atoms with Gasteiger partial charge in [0.05, 0.1) is 19.8 Å². The predicted molar refractivity (Wildman–Crippen MR) is 157 cm³/mol. The van der Waals surface area contributed by atoms with E-state index in [1.54, 1.807) is 12.1 Å². The van der Waals surface area contributed by atoms with Crippen molar-refractivity contribution in [3.63, 3.8) is 0 Å². The second kappa shape index (κ2) is 12.1. The van der Waals surface area contributed by atoms with Crippen molar-refractivity contribution in [1.82, 2.24) is 0 Å². The molecule has 0 bridgehead atoms. The lowest BCUT2D eigenvalue weighted by molar-refractivity contribution is 0.263. The van der Waals surface area contributed by atoms with Gasteiger partial charge in [-0.1, -0.05) is 48.5 Å². The normalized spacial score (nSPS) is 21.7. The fraction of sp³-hybridized carbons (Fsp3) is 0.314. The molecule has 0 radical (unpaired) electrons. The van der Waals surface area contributed by atoms with Gasteiger partial charge in [0.1, 0.15) is 61.1 Å². The highest BCUT2D eigenvalue weighted by atomic mass is 16.6. The van der Waals surface area contributed by atoms with E-state index in [2.05, 4.69) is 36.4 Å². The van der Waals surface area contributed by atoms with E-state index < -0.39 is 0 Å². The van der Waals surface area contributed by atoms with Crippen LogP contribution in [0.25, 0.3) is 0 Å². The highest BCUT2D eigenvalue weighted by Gasteiger charge is 2.30. The maximum Gasteiger partial charge on any atom is 0.119 e. The lowest BCUT2D eigenvalue weighted by Gasteiger charge is -2.30. The van der Waals surface area contributed by atoms with Crippen molar-refractivity contribution in [2.75, 3.05) is 39.6 Å². The standard InChI is InChI=1S/C35H34O7/c36-27-9-1-23(2-10-27)34(24-3-11-28(12-4-24)37-17-31-20-40-31)35(25-5-13-29(14-6-25)38-18-32-21-41-32)26-7-15-30(16-8-26)39-19-33-22-42-33/h1-16,31-36H,17-22H2. The van der Waals surface area contributed by atoms with Crippen molar-refractivity contribution < 1.29 is 33.5 Å². The number of phenolic OH excluding ortho intramolecular Hbond substituents is 1. The van der Waals surface area contributed by atoms with Crippen LogP contribution in [0, 0.1) is 0 Å². The zero-order valence-corrected chi connectivity index (χ0v) is 23.3. The van der Waals surface area contributed by atoms with Crippen LogP contribution < -0.4 is 14.2 Å². The number of hydrogen-bond acceptors (Lipinski definition) is 7. The van der Waals surface area contributed by atoms with Gasteiger partial charge in [-0.15, -0.1) is 0 Å². The van der Waals surface area contributed by atoms with Gasteiger partial charge in [0.25, 0.3) is 0 Å². The van der Waals surface area contributed by atoms with Gasteiger partial charge in [-0.25, -0.2) is 0 Å². The van der Waals surface area contributed by atoms with Crippen LogP contribution in [0.4, 0.5) is 0 Å². The molecule has 3 aliphatic heterocycles. The molecule has 42 heavy (non-hydrogen) atoms. The molecule has 7 rings (SSSR count). The van der Waals surface area contributed by atoms with E-state index in [4.69, 9.17) is 28.4 Å². The Bertz CT molecular complexity index is 1380. The number of aromatic hydroxyl groups is 1. The summed E-state index contributed by atoms with van der Waals surface area (Å²) in [4.78, 5) is 0. The fourth-order valence-corrected chi connectivity index (χ4v) is 5.21. The van der Waals surface area contributed by atoms with E-state index >= 15 is 0 Å². The van der Waals surface area contributed by atoms with Crippen LogP contribution in [0.5, 0.6) is 23.0 Å². The Morgan fingerprint density at radius 2 is 0.738 bits per heavy atom. The highest BCUT2D eigenvalue weighted by molar-refractivity contribution is 5.48. The largest absolute Gasteiger partial charge is 0.508 e. The van der Waals surface area contributed by atoms with Crippen LogP contribution >= 0.6 is 0 Å². The topological polar surface area (TPSA) is 85.5 Å². The van der Waals surface area contributed by atoms with Crippen molar-refractivity contribution in [3.05, 3.63) is 119 Å². The van der Waals surface area contributed by atoms with Crippen LogP contribution in [0.3, 0.4) is 0 Å². The molecule has 7 nitrogen and oxygen atoms in total. The second-order valence-electron chi connectivity index (χ2n) is 11.1.